The maximum atomic E-state index is 11.8. The third-order valence-electron chi connectivity index (χ3n) is 2.96. The molecule has 2 nitrogen and oxygen atoms in total. The first-order valence-corrected chi connectivity index (χ1v) is 5.89. The molecular formula is C14H21NO. The van der Waals surface area contributed by atoms with E-state index in [9.17, 15) is 4.79 Å². The molecule has 0 fully saturated rings. The molecule has 0 heterocycles. The lowest BCUT2D eigenvalue weighted by molar-refractivity contribution is -0.119. The molecule has 0 aliphatic heterocycles. The smallest absolute Gasteiger partial charge is 0.153 e. The maximum absolute atomic E-state index is 11.8. The summed E-state index contributed by atoms with van der Waals surface area (Å²) < 4.78 is 0. The second-order valence-corrected chi connectivity index (χ2v) is 4.46. The maximum Gasteiger partial charge on any atom is 0.153 e. The topological polar surface area (TPSA) is 43.1 Å². The van der Waals surface area contributed by atoms with Crippen LogP contribution in [0.25, 0.3) is 0 Å². The molecule has 2 heteroatoms. The SMILES string of the molecule is CCCC(N)C(=O)Cc1ccc(C)c(C)c1. The standard InChI is InChI=1S/C14H21NO/c1-4-5-13(15)14(16)9-12-7-6-10(2)11(3)8-12/h6-8,13H,4-5,9,15H2,1-3H3. The van der Waals surface area contributed by atoms with Gasteiger partial charge in [-0.15, -0.1) is 0 Å². The van der Waals surface area contributed by atoms with Crippen molar-refractivity contribution in [2.45, 2.75) is 46.1 Å². The number of ketones is 1. The van der Waals surface area contributed by atoms with Gasteiger partial charge in [-0.25, -0.2) is 0 Å². The van der Waals surface area contributed by atoms with Gasteiger partial charge in [0.05, 0.1) is 6.04 Å². The average molecular weight is 219 g/mol. The van der Waals surface area contributed by atoms with E-state index >= 15 is 0 Å². The predicted molar refractivity (Wildman–Crippen MR) is 67.5 cm³/mol. The minimum atomic E-state index is -0.299. The van der Waals surface area contributed by atoms with Crippen molar-refractivity contribution >= 4 is 5.78 Å². The number of Topliss-reactive ketones (excluding diaryl/α,β-unsaturated/α-hetero) is 1. The highest BCUT2D eigenvalue weighted by Gasteiger charge is 2.12. The summed E-state index contributed by atoms with van der Waals surface area (Å²) >= 11 is 0. The first-order valence-electron chi connectivity index (χ1n) is 5.89. The normalized spacial score (nSPS) is 12.5. The van der Waals surface area contributed by atoms with Gasteiger partial charge in [0.15, 0.2) is 5.78 Å². The highest BCUT2D eigenvalue weighted by atomic mass is 16.1. The van der Waals surface area contributed by atoms with E-state index in [2.05, 4.69) is 26.0 Å². The van der Waals surface area contributed by atoms with Crippen molar-refractivity contribution < 1.29 is 4.79 Å². The van der Waals surface area contributed by atoms with Gasteiger partial charge >= 0.3 is 0 Å². The second-order valence-electron chi connectivity index (χ2n) is 4.46. The minimum Gasteiger partial charge on any atom is -0.321 e. The Labute approximate surface area is 97.9 Å². The van der Waals surface area contributed by atoms with Gasteiger partial charge in [0.25, 0.3) is 0 Å². The molecule has 16 heavy (non-hydrogen) atoms. The molecule has 0 aromatic heterocycles. The van der Waals surface area contributed by atoms with Crippen LogP contribution >= 0.6 is 0 Å². The fourth-order valence-electron chi connectivity index (χ4n) is 1.72. The molecule has 88 valence electrons. The summed E-state index contributed by atoms with van der Waals surface area (Å²) in [5.74, 6) is 0.144. The zero-order chi connectivity index (χ0) is 12.1. The Morgan fingerprint density at radius 1 is 1.31 bits per heavy atom. The van der Waals surface area contributed by atoms with Crippen LogP contribution in [0.5, 0.6) is 0 Å². The summed E-state index contributed by atoms with van der Waals surface area (Å²) in [6, 6.07) is 5.85. The fraction of sp³-hybridized carbons (Fsp3) is 0.500. The van der Waals surface area contributed by atoms with Gasteiger partial charge < -0.3 is 5.73 Å². The molecule has 1 aromatic rings. The van der Waals surface area contributed by atoms with Crippen molar-refractivity contribution in [1.82, 2.24) is 0 Å². The summed E-state index contributed by atoms with van der Waals surface area (Å²) in [5.41, 5.74) is 9.35. The molecule has 0 amide bonds. The molecule has 1 rings (SSSR count). The Kier molecular flexibility index (Phi) is 4.69. The summed E-state index contributed by atoms with van der Waals surface area (Å²) in [7, 11) is 0. The number of aryl methyl sites for hydroxylation is 2. The summed E-state index contributed by atoms with van der Waals surface area (Å²) in [4.78, 5) is 11.8. The number of hydrogen-bond acceptors (Lipinski definition) is 2. The van der Waals surface area contributed by atoms with Gasteiger partial charge in [0.1, 0.15) is 0 Å². The highest BCUT2D eigenvalue weighted by molar-refractivity contribution is 5.85. The zero-order valence-corrected chi connectivity index (χ0v) is 10.4. The van der Waals surface area contributed by atoms with Crippen LogP contribution in [0.1, 0.15) is 36.5 Å². The van der Waals surface area contributed by atoms with Crippen LogP contribution in [0, 0.1) is 13.8 Å². The molecule has 1 unspecified atom stereocenters. The Morgan fingerprint density at radius 2 is 2.00 bits per heavy atom. The van der Waals surface area contributed by atoms with E-state index in [-0.39, 0.29) is 11.8 Å². The number of benzene rings is 1. The van der Waals surface area contributed by atoms with E-state index < -0.39 is 0 Å². The molecule has 2 N–H and O–H groups in total. The monoisotopic (exact) mass is 219 g/mol. The van der Waals surface area contributed by atoms with Crippen LogP contribution in [0.4, 0.5) is 0 Å². The summed E-state index contributed by atoms with van der Waals surface area (Å²) in [6.45, 7) is 6.18. The van der Waals surface area contributed by atoms with E-state index in [1.165, 1.54) is 11.1 Å². The number of nitrogens with two attached hydrogens (primary N) is 1. The van der Waals surface area contributed by atoms with E-state index in [1.54, 1.807) is 0 Å². The molecule has 0 bridgehead atoms. The van der Waals surface area contributed by atoms with Crippen molar-refractivity contribution in [1.29, 1.82) is 0 Å². The lowest BCUT2D eigenvalue weighted by atomic mass is 9.98. The average Bonchev–Trinajstić information content (AvgIpc) is 2.24. The summed E-state index contributed by atoms with van der Waals surface area (Å²) in [5, 5.41) is 0. The predicted octanol–water partition coefficient (Wildman–Crippen LogP) is 2.54. The van der Waals surface area contributed by atoms with Crippen molar-refractivity contribution in [3.05, 3.63) is 34.9 Å². The van der Waals surface area contributed by atoms with Crippen molar-refractivity contribution in [2.24, 2.45) is 5.73 Å². The summed E-state index contributed by atoms with van der Waals surface area (Å²) in [6.07, 6.45) is 2.20. The van der Waals surface area contributed by atoms with Crippen LogP contribution in [-0.4, -0.2) is 11.8 Å². The van der Waals surface area contributed by atoms with E-state index in [0.717, 1.165) is 18.4 Å². The lowest BCUT2D eigenvalue weighted by Crippen LogP contribution is -2.31. The molecular weight excluding hydrogens is 198 g/mol. The van der Waals surface area contributed by atoms with E-state index in [4.69, 9.17) is 5.73 Å². The fourth-order valence-corrected chi connectivity index (χ4v) is 1.72. The number of hydrogen-bond donors (Lipinski definition) is 1. The Morgan fingerprint density at radius 3 is 2.56 bits per heavy atom. The molecule has 1 aromatic carbocycles. The van der Waals surface area contributed by atoms with Crippen molar-refractivity contribution in [3.8, 4) is 0 Å². The first kappa shape index (κ1) is 12.9. The van der Waals surface area contributed by atoms with Gasteiger partial charge in [-0.1, -0.05) is 31.5 Å². The Hall–Kier alpha value is -1.15. The third-order valence-corrected chi connectivity index (χ3v) is 2.96. The first-order chi connectivity index (χ1) is 7.54. The minimum absolute atomic E-state index is 0.144. The quantitative estimate of drug-likeness (QED) is 0.827. The van der Waals surface area contributed by atoms with Crippen LogP contribution in [0.2, 0.25) is 0 Å². The van der Waals surface area contributed by atoms with Gasteiger partial charge in [-0.2, -0.15) is 0 Å². The largest absolute Gasteiger partial charge is 0.321 e. The van der Waals surface area contributed by atoms with Gasteiger partial charge in [0, 0.05) is 6.42 Å². The lowest BCUT2D eigenvalue weighted by Gasteiger charge is -2.10. The second kappa shape index (κ2) is 5.80. The van der Waals surface area contributed by atoms with E-state index in [1.807, 2.05) is 13.0 Å². The van der Waals surface area contributed by atoms with Crippen molar-refractivity contribution in [2.75, 3.05) is 0 Å². The molecule has 0 radical (unpaired) electrons. The molecule has 1 atom stereocenters. The van der Waals surface area contributed by atoms with Gasteiger partial charge in [-0.3, -0.25) is 4.79 Å². The van der Waals surface area contributed by atoms with Crippen LogP contribution in [0.15, 0.2) is 18.2 Å². The molecule has 0 saturated carbocycles. The third kappa shape index (κ3) is 3.46. The number of carbonyl (C=O) groups excluding carboxylic acids is 1. The van der Waals surface area contributed by atoms with Gasteiger partial charge in [0.2, 0.25) is 0 Å². The molecule has 0 spiro atoms. The Balaban J connectivity index is 2.66. The zero-order valence-electron chi connectivity index (χ0n) is 10.4. The van der Waals surface area contributed by atoms with Crippen LogP contribution in [-0.2, 0) is 11.2 Å². The molecule has 0 saturated heterocycles. The molecule has 0 aliphatic rings. The highest BCUT2D eigenvalue weighted by Crippen LogP contribution is 2.11. The van der Waals surface area contributed by atoms with Crippen molar-refractivity contribution in [3.63, 3.8) is 0 Å². The van der Waals surface area contributed by atoms with Gasteiger partial charge in [-0.05, 0) is 37.0 Å². The van der Waals surface area contributed by atoms with Crippen LogP contribution < -0.4 is 5.73 Å². The number of carbonyl (C=O) groups is 1. The van der Waals surface area contributed by atoms with E-state index in [0.29, 0.717) is 6.42 Å². The number of rotatable bonds is 5. The van der Waals surface area contributed by atoms with Crippen LogP contribution in [0.3, 0.4) is 0 Å². The Bertz CT molecular complexity index is 371. The molecule has 0 aliphatic carbocycles.